The van der Waals surface area contributed by atoms with Crippen molar-refractivity contribution >= 4 is 0 Å². The number of nitrogens with zero attached hydrogens (tertiary/aromatic N) is 2. The molecule has 0 bridgehead atoms. The third kappa shape index (κ3) is 3.46. The Hall–Kier alpha value is -0.120. The van der Waals surface area contributed by atoms with E-state index in [2.05, 4.69) is 30.7 Å². The minimum atomic E-state index is 0.522. The summed E-state index contributed by atoms with van der Waals surface area (Å²) < 4.78 is 5.42. The van der Waals surface area contributed by atoms with E-state index in [9.17, 15) is 0 Å². The molecule has 2 fully saturated rings. The van der Waals surface area contributed by atoms with Crippen LogP contribution in [0.3, 0.4) is 0 Å². The molecule has 18 heavy (non-hydrogen) atoms. The standard InChI is InChI=1S/C15H30N2O/c1-12(2)17(14-9-15(10-14)18-4)11-13-5-7-16(3)8-6-13/h12-15H,5-11H2,1-4H3/t14-,15-. The highest BCUT2D eigenvalue weighted by Gasteiger charge is 2.35. The van der Waals surface area contributed by atoms with E-state index in [0.29, 0.717) is 12.1 Å². The summed E-state index contributed by atoms with van der Waals surface area (Å²) in [6.45, 7) is 8.54. The SMILES string of the molecule is CO[C@H]1C[C@H](N(CC2CCN(C)CC2)C(C)C)C1. The monoisotopic (exact) mass is 254 g/mol. The summed E-state index contributed by atoms with van der Waals surface area (Å²) >= 11 is 0. The second-order valence-corrected chi connectivity index (χ2v) is 6.52. The first-order chi connectivity index (χ1) is 8.60. The van der Waals surface area contributed by atoms with Crippen LogP contribution in [0.2, 0.25) is 0 Å². The second-order valence-electron chi connectivity index (χ2n) is 6.52. The highest BCUT2D eigenvalue weighted by Crippen LogP contribution is 2.31. The maximum absolute atomic E-state index is 5.42. The van der Waals surface area contributed by atoms with Crippen molar-refractivity contribution in [1.82, 2.24) is 9.80 Å². The van der Waals surface area contributed by atoms with Gasteiger partial charge in [-0.3, -0.25) is 4.90 Å². The Labute approximate surface area is 112 Å². The third-order valence-electron chi connectivity index (χ3n) is 4.84. The van der Waals surface area contributed by atoms with Gasteiger partial charge in [-0.1, -0.05) is 0 Å². The number of ether oxygens (including phenoxy) is 1. The Bertz CT molecular complexity index is 243. The van der Waals surface area contributed by atoms with Gasteiger partial charge in [0, 0.05) is 25.7 Å². The van der Waals surface area contributed by atoms with Crippen molar-refractivity contribution in [2.45, 2.75) is 57.7 Å². The molecule has 0 atom stereocenters. The molecule has 2 rings (SSSR count). The maximum Gasteiger partial charge on any atom is 0.0601 e. The molecular formula is C15H30N2O. The zero-order valence-corrected chi connectivity index (χ0v) is 12.6. The van der Waals surface area contributed by atoms with E-state index in [1.165, 1.54) is 45.3 Å². The quantitative estimate of drug-likeness (QED) is 0.748. The summed E-state index contributed by atoms with van der Waals surface area (Å²) in [5.41, 5.74) is 0. The zero-order chi connectivity index (χ0) is 13.1. The number of methoxy groups -OCH3 is 1. The largest absolute Gasteiger partial charge is 0.381 e. The first kappa shape index (κ1) is 14.3. The predicted molar refractivity (Wildman–Crippen MR) is 75.9 cm³/mol. The van der Waals surface area contributed by atoms with Gasteiger partial charge in [0.1, 0.15) is 0 Å². The Balaban J connectivity index is 1.80. The molecule has 0 spiro atoms. The van der Waals surface area contributed by atoms with Gasteiger partial charge in [0.15, 0.2) is 0 Å². The van der Waals surface area contributed by atoms with Gasteiger partial charge in [-0.15, -0.1) is 0 Å². The molecule has 106 valence electrons. The molecule has 0 amide bonds. The molecule has 0 aromatic heterocycles. The number of likely N-dealkylation sites (tertiary alicyclic amines) is 1. The zero-order valence-electron chi connectivity index (χ0n) is 12.6. The summed E-state index contributed by atoms with van der Waals surface area (Å²) in [6.07, 6.45) is 5.75. The highest BCUT2D eigenvalue weighted by atomic mass is 16.5. The summed E-state index contributed by atoms with van der Waals surface area (Å²) in [7, 11) is 4.09. The molecule has 0 unspecified atom stereocenters. The van der Waals surface area contributed by atoms with Crippen LogP contribution < -0.4 is 0 Å². The summed E-state index contributed by atoms with van der Waals surface area (Å²) in [5.74, 6) is 0.908. The molecule has 3 nitrogen and oxygen atoms in total. The van der Waals surface area contributed by atoms with Crippen molar-refractivity contribution in [3.8, 4) is 0 Å². The average molecular weight is 254 g/mol. The van der Waals surface area contributed by atoms with Crippen LogP contribution in [0, 0.1) is 5.92 Å². The first-order valence-corrected chi connectivity index (χ1v) is 7.57. The van der Waals surface area contributed by atoms with Gasteiger partial charge in [-0.2, -0.15) is 0 Å². The van der Waals surface area contributed by atoms with Crippen LogP contribution in [-0.4, -0.2) is 61.8 Å². The Morgan fingerprint density at radius 1 is 1.22 bits per heavy atom. The van der Waals surface area contributed by atoms with Crippen LogP contribution in [0.25, 0.3) is 0 Å². The van der Waals surface area contributed by atoms with Gasteiger partial charge < -0.3 is 9.64 Å². The Morgan fingerprint density at radius 3 is 2.33 bits per heavy atom. The van der Waals surface area contributed by atoms with Gasteiger partial charge in [0.05, 0.1) is 6.10 Å². The number of hydrogen-bond donors (Lipinski definition) is 0. The van der Waals surface area contributed by atoms with Gasteiger partial charge in [0.25, 0.3) is 0 Å². The van der Waals surface area contributed by atoms with Crippen molar-refractivity contribution < 1.29 is 4.74 Å². The average Bonchev–Trinajstić information content (AvgIpc) is 2.28. The van der Waals surface area contributed by atoms with E-state index in [0.717, 1.165) is 12.0 Å². The van der Waals surface area contributed by atoms with Crippen molar-refractivity contribution in [3.63, 3.8) is 0 Å². The van der Waals surface area contributed by atoms with E-state index in [1.807, 2.05) is 7.11 Å². The Kier molecular flexibility index (Phi) is 5.05. The highest BCUT2D eigenvalue weighted by molar-refractivity contribution is 4.90. The lowest BCUT2D eigenvalue weighted by atomic mass is 9.85. The van der Waals surface area contributed by atoms with Gasteiger partial charge >= 0.3 is 0 Å². The van der Waals surface area contributed by atoms with Crippen LogP contribution in [0.15, 0.2) is 0 Å². The van der Waals surface area contributed by atoms with Crippen LogP contribution in [0.5, 0.6) is 0 Å². The molecular weight excluding hydrogens is 224 g/mol. The summed E-state index contributed by atoms with van der Waals surface area (Å²) in [6, 6.07) is 1.45. The molecule has 0 N–H and O–H groups in total. The molecule has 1 saturated heterocycles. The minimum absolute atomic E-state index is 0.522. The minimum Gasteiger partial charge on any atom is -0.381 e. The fourth-order valence-corrected chi connectivity index (χ4v) is 3.33. The van der Waals surface area contributed by atoms with Crippen molar-refractivity contribution in [2.24, 2.45) is 5.92 Å². The van der Waals surface area contributed by atoms with E-state index in [-0.39, 0.29) is 0 Å². The maximum atomic E-state index is 5.42. The molecule has 2 aliphatic rings. The normalized spacial score (nSPS) is 31.0. The molecule has 0 radical (unpaired) electrons. The molecule has 1 aliphatic carbocycles. The van der Waals surface area contributed by atoms with Gasteiger partial charge in [-0.25, -0.2) is 0 Å². The number of piperidine rings is 1. The van der Waals surface area contributed by atoms with E-state index >= 15 is 0 Å². The lowest BCUT2D eigenvalue weighted by molar-refractivity contribution is -0.0437. The van der Waals surface area contributed by atoms with Crippen LogP contribution in [0.4, 0.5) is 0 Å². The van der Waals surface area contributed by atoms with Crippen LogP contribution in [0.1, 0.15) is 39.5 Å². The first-order valence-electron chi connectivity index (χ1n) is 7.57. The summed E-state index contributed by atoms with van der Waals surface area (Å²) in [4.78, 5) is 5.19. The van der Waals surface area contributed by atoms with Crippen LogP contribution >= 0.6 is 0 Å². The molecule has 0 aromatic carbocycles. The molecule has 3 heteroatoms. The molecule has 1 aliphatic heterocycles. The second kappa shape index (κ2) is 6.36. The third-order valence-corrected chi connectivity index (χ3v) is 4.84. The fourth-order valence-electron chi connectivity index (χ4n) is 3.33. The molecule has 1 heterocycles. The van der Waals surface area contributed by atoms with E-state index in [1.54, 1.807) is 0 Å². The Morgan fingerprint density at radius 2 is 1.83 bits per heavy atom. The van der Waals surface area contributed by atoms with Crippen LogP contribution in [-0.2, 0) is 4.74 Å². The fraction of sp³-hybridized carbons (Fsp3) is 1.00. The number of rotatable bonds is 5. The lowest BCUT2D eigenvalue weighted by Crippen LogP contribution is -2.52. The van der Waals surface area contributed by atoms with E-state index in [4.69, 9.17) is 4.74 Å². The van der Waals surface area contributed by atoms with E-state index < -0.39 is 0 Å². The van der Waals surface area contributed by atoms with Crippen molar-refractivity contribution in [3.05, 3.63) is 0 Å². The molecule has 1 saturated carbocycles. The van der Waals surface area contributed by atoms with Gasteiger partial charge in [0.2, 0.25) is 0 Å². The number of hydrogen-bond acceptors (Lipinski definition) is 3. The lowest BCUT2D eigenvalue weighted by Gasteiger charge is -2.46. The van der Waals surface area contributed by atoms with Gasteiger partial charge in [-0.05, 0) is 65.6 Å². The molecule has 0 aromatic rings. The summed E-state index contributed by atoms with van der Waals surface area (Å²) in [5, 5.41) is 0. The predicted octanol–water partition coefficient (Wildman–Crippen LogP) is 2.22. The topological polar surface area (TPSA) is 15.7 Å². The van der Waals surface area contributed by atoms with Crippen molar-refractivity contribution in [1.29, 1.82) is 0 Å². The van der Waals surface area contributed by atoms with Crippen molar-refractivity contribution in [2.75, 3.05) is 33.8 Å². The smallest absolute Gasteiger partial charge is 0.0601 e.